The van der Waals surface area contributed by atoms with Gasteiger partial charge in [-0.05, 0) is 73.1 Å². The molecule has 4 atom stereocenters. The van der Waals surface area contributed by atoms with Crippen molar-refractivity contribution in [3.63, 3.8) is 0 Å². The van der Waals surface area contributed by atoms with Gasteiger partial charge in [-0.15, -0.1) is 0 Å². The van der Waals surface area contributed by atoms with Crippen LogP contribution < -0.4 is 4.74 Å². The average molecular weight is 319 g/mol. The molecule has 2 nitrogen and oxygen atoms in total. The van der Waals surface area contributed by atoms with Gasteiger partial charge in [0.15, 0.2) is 0 Å². The van der Waals surface area contributed by atoms with Crippen LogP contribution in [0.15, 0.2) is 12.1 Å². The predicted octanol–water partition coefficient (Wildman–Crippen LogP) is 4.77. The van der Waals surface area contributed by atoms with Crippen molar-refractivity contribution >= 4 is 17.4 Å². The summed E-state index contributed by atoms with van der Waals surface area (Å²) in [6, 6.07) is 4.26. The van der Waals surface area contributed by atoms with E-state index in [4.69, 9.17) is 16.3 Å². The lowest BCUT2D eigenvalue weighted by Crippen LogP contribution is -2.42. The Morgan fingerprint density at radius 1 is 1.23 bits per heavy atom. The van der Waals surface area contributed by atoms with Gasteiger partial charge in [-0.25, -0.2) is 0 Å². The summed E-state index contributed by atoms with van der Waals surface area (Å²) < 4.78 is 5.37. The molecule has 0 unspecified atom stereocenters. The highest BCUT2D eigenvalue weighted by atomic mass is 35.5. The van der Waals surface area contributed by atoms with E-state index in [0.29, 0.717) is 23.5 Å². The molecule has 22 heavy (non-hydrogen) atoms. The summed E-state index contributed by atoms with van der Waals surface area (Å²) in [6.45, 7) is 2.22. The minimum Gasteiger partial charge on any atom is -0.495 e. The van der Waals surface area contributed by atoms with Crippen LogP contribution in [0.5, 0.6) is 5.75 Å². The van der Waals surface area contributed by atoms with Crippen molar-refractivity contribution in [1.82, 2.24) is 0 Å². The fourth-order valence-corrected chi connectivity index (χ4v) is 5.75. The lowest BCUT2D eigenvalue weighted by Gasteiger charge is -2.48. The minimum atomic E-state index is -0.0467. The molecule has 2 saturated carbocycles. The first-order valence-corrected chi connectivity index (χ1v) is 8.82. The quantitative estimate of drug-likeness (QED) is 0.745. The molecule has 3 aliphatic rings. The zero-order valence-electron chi connectivity index (χ0n) is 13.3. The third-order valence-corrected chi connectivity index (χ3v) is 7.00. The van der Waals surface area contributed by atoms with Crippen LogP contribution in [0, 0.1) is 17.3 Å². The number of carbonyl (C=O) groups excluding carboxylic acids is 1. The van der Waals surface area contributed by atoms with Gasteiger partial charge < -0.3 is 4.74 Å². The number of carbonyl (C=O) groups is 1. The standard InChI is InChI=1S/C19H23ClO2/c1-19-8-7-12-13(15(19)5-6-18(19)21)4-3-11-9-17(22-2)16(20)10-14(11)12/h9-10,12-13,15H,3-8H2,1-2H3/t12-,13+,15-,19-/m0/s1. The third kappa shape index (κ3) is 1.89. The maximum atomic E-state index is 12.4. The van der Waals surface area contributed by atoms with E-state index in [1.54, 1.807) is 7.11 Å². The minimum absolute atomic E-state index is 0.0467. The lowest BCUT2D eigenvalue weighted by molar-refractivity contribution is -0.129. The number of benzene rings is 1. The van der Waals surface area contributed by atoms with Crippen LogP contribution >= 0.6 is 11.6 Å². The zero-order chi connectivity index (χ0) is 15.5. The van der Waals surface area contributed by atoms with E-state index in [2.05, 4.69) is 19.1 Å². The Kier molecular flexibility index (Phi) is 3.30. The van der Waals surface area contributed by atoms with E-state index in [9.17, 15) is 4.79 Å². The normalized spacial score (nSPS) is 36.5. The van der Waals surface area contributed by atoms with Crippen molar-refractivity contribution in [1.29, 1.82) is 0 Å². The molecule has 0 aliphatic heterocycles. The van der Waals surface area contributed by atoms with E-state index in [1.807, 2.05) is 0 Å². The fraction of sp³-hybridized carbons (Fsp3) is 0.632. The van der Waals surface area contributed by atoms with Crippen LogP contribution in [0.25, 0.3) is 0 Å². The first kappa shape index (κ1) is 14.6. The first-order valence-electron chi connectivity index (χ1n) is 8.44. The van der Waals surface area contributed by atoms with Crippen LogP contribution in [-0.2, 0) is 11.2 Å². The maximum absolute atomic E-state index is 12.4. The average Bonchev–Trinajstić information content (AvgIpc) is 2.82. The summed E-state index contributed by atoms with van der Waals surface area (Å²) >= 11 is 6.38. The van der Waals surface area contributed by atoms with Gasteiger partial charge in [0.05, 0.1) is 12.1 Å². The third-order valence-electron chi connectivity index (χ3n) is 6.71. The van der Waals surface area contributed by atoms with E-state index >= 15 is 0 Å². The molecule has 3 aliphatic carbocycles. The summed E-state index contributed by atoms with van der Waals surface area (Å²) in [5, 5.41) is 0.720. The zero-order valence-corrected chi connectivity index (χ0v) is 14.1. The Morgan fingerprint density at radius 3 is 2.82 bits per heavy atom. The van der Waals surface area contributed by atoms with Crippen LogP contribution in [0.4, 0.5) is 0 Å². The second-order valence-electron chi connectivity index (χ2n) is 7.52. The number of fused-ring (bicyclic) bond motifs is 5. The highest BCUT2D eigenvalue weighted by Gasteiger charge is 2.54. The number of ketones is 1. The van der Waals surface area contributed by atoms with Gasteiger partial charge in [0.1, 0.15) is 11.5 Å². The number of methoxy groups -OCH3 is 1. The smallest absolute Gasteiger partial charge is 0.139 e. The summed E-state index contributed by atoms with van der Waals surface area (Å²) in [6.07, 6.45) is 6.34. The summed E-state index contributed by atoms with van der Waals surface area (Å²) in [7, 11) is 1.68. The van der Waals surface area contributed by atoms with E-state index in [1.165, 1.54) is 17.5 Å². The van der Waals surface area contributed by atoms with E-state index < -0.39 is 0 Å². The Hall–Kier alpha value is -1.02. The molecule has 0 N–H and O–H groups in total. The SMILES string of the molecule is COc1cc2c(cc1Cl)[C@H]1CC[C@]3(C)C(=O)CC[C@H]3[C@@H]1CC2. The molecule has 0 radical (unpaired) electrons. The Morgan fingerprint density at radius 2 is 2.05 bits per heavy atom. The molecular weight excluding hydrogens is 296 g/mol. The number of rotatable bonds is 1. The van der Waals surface area contributed by atoms with Crippen molar-refractivity contribution < 1.29 is 9.53 Å². The molecule has 0 heterocycles. The number of aryl methyl sites for hydroxylation is 1. The number of halogens is 1. The van der Waals surface area contributed by atoms with Crippen molar-refractivity contribution in [3.05, 3.63) is 28.3 Å². The number of hydrogen-bond acceptors (Lipinski definition) is 2. The van der Waals surface area contributed by atoms with Crippen molar-refractivity contribution in [2.45, 2.75) is 51.4 Å². The maximum Gasteiger partial charge on any atom is 0.139 e. The lowest BCUT2D eigenvalue weighted by atomic mass is 9.55. The van der Waals surface area contributed by atoms with Gasteiger partial charge in [-0.3, -0.25) is 4.79 Å². The van der Waals surface area contributed by atoms with Crippen molar-refractivity contribution in [2.24, 2.45) is 17.3 Å². The molecule has 4 rings (SSSR count). The highest BCUT2D eigenvalue weighted by Crippen LogP contribution is 2.59. The van der Waals surface area contributed by atoms with Gasteiger partial charge in [0, 0.05) is 11.8 Å². The van der Waals surface area contributed by atoms with Crippen molar-refractivity contribution in [3.8, 4) is 5.75 Å². The molecule has 118 valence electrons. The molecule has 0 amide bonds. The molecule has 0 bridgehead atoms. The molecule has 2 fully saturated rings. The molecule has 3 heteroatoms. The van der Waals surface area contributed by atoms with Gasteiger partial charge in [0.25, 0.3) is 0 Å². The monoisotopic (exact) mass is 318 g/mol. The molecular formula is C19H23ClO2. The predicted molar refractivity (Wildman–Crippen MR) is 87.6 cm³/mol. The highest BCUT2D eigenvalue weighted by molar-refractivity contribution is 6.32. The van der Waals surface area contributed by atoms with Gasteiger partial charge in [-0.1, -0.05) is 18.5 Å². The van der Waals surface area contributed by atoms with Crippen LogP contribution in [0.3, 0.4) is 0 Å². The van der Waals surface area contributed by atoms with Crippen LogP contribution in [-0.4, -0.2) is 12.9 Å². The number of Topliss-reactive ketones (excluding diaryl/α,β-unsaturated/α-hetero) is 1. The van der Waals surface area contributed by atoms with Crippen LogP contribution in [0.1, 0.15) is 56.1 Å². The topological polar surface area (TPSA) is 26.3 Å². The van der Waals surface area contributed by atoms with E-state index in [0.717, 1.165) is 42.9 Å². The molecule has 1 aromatic carbocycles. The van der Waals surface area contributed by atoms with Gasteiger partial charge in [-0.2, -0.15) is 0 Å². The molecule has 0 saturated heterocycles. The second kappa shape index (κ2) is 4.99. The summed E-state index contributed by atoms with van der Waals surface area (Å²) in [5.41, 5.74) is 2.77. The van der Waals surface area contributed by atoms with E-state index in [-0.39, 0.29) is 5.41 Å². The Labute approximate surface area is 137 Å². The van der Waals surface area contributed by atoms with Gasteiger partial charge >= 0.3 is 0 Å². The van der Waals surface area contributed by atoms with Crippen molar-refractivity contribution in [2.75, 3.05) is 7.11 Å². The molecule has 1 aromatic rings. The summed E-state index contributed by atoms with van der Waals surface area (Å²) in [4.78, 5) is 12.4. The Bertz CT molecular complexity index is 639. The van der Waals surface area contributed by atoms with Crippen LogP contribution in [0.2, 0.25) is 5.02 Å². The summed E-state index contributed by atoms with van der Waals surface area (Å²) in [5.74, 6) is 3.11. The number of hydrogen-bond donors (Lipinski definition) is 0. The molecule has 0 spiro atoms. The fourth-order valence-electron chi connectivity index (χ4n) is 5.50. The largest absolute Gasteiger partial charge is 0.495 e. The number of ether oxygens (including phenoxy) is 1. The van der Waals surface area contributed by atoms with Gasteiger partial charge in [0.2, 0.25) is 0 Å². The first-order chi connectivity index (χ1) is 10.5. The molecule has 0 aromatic heterocycles. The Balaban J connectivity index is 1.73. The second-order valence-corrected chi connectivity index (χ2v) is 7.93.